The van der Waals surface area contributed by atoms with Gasteiger partial charge in [0.1, 0.15) is 5.69 Å². The predicted molar refractivity (Wildman–Crippen MR) is 97.5 cm³/mol. The highest BCUT2D eigenvalue weighted by Crippen LogP contribution is 2.19. The summed E-state index contributed by atoms with van der Waals surface area (Å²) in [5.74, 6) is -0.490. The fourth-order valence-corrected chi connectivity index (χ4v) is 3.07. The van der Waals surface area contributed by atoms with Gasteiger partial charge in [-0.1, -0.05) is 30.3 Å². The summed E-state index contributed by atoms with van der Waals surface area (Å²) in [6, 6.07) is 16.6. The zero-order valence-electron chi connectivity index (χ0n) is 14.0. The van der Waals surface area contributed by atoms with Gasteiger partial charge in [-0.3, -0.25) is 19.3 Å². The molecular formula is C20H17N3O3. The molecular weight excluding hydrogens is 330 g/mol. The van der Waals surface area contributed by atoms with Crippen LogP contribution < -0.4 is 5.32 Å². The van der Waals surface area contributed by atoms with Gasteiger partial charge in [0.05, 0.1) is 6.54 Å². The van der Waals surface area contributed by atoms with E-state index in [0.717, 1.165) is 16.5 Å². The van der Waals surface area contributed by atoms with Crippen LogP contribution in [-0.2, 0) is 16.1 Å². The first-order valence-electron chi connectivity index (χ1n) is 8.41. The molecule has 0 bridgehead atoms. The molecule has 0 atom stereocenters. The Morgan fingerprint density at radius 1 is 1.00 bits per heavy atom. The second-order valence-electron chi connectivity index (χ2n) is 6.29. The minimum atomic E-state index is -0.223. The van der Waals surface area contributed by atoms with Crippen molar-refractivity contribution in [2.24, 2.45) is 0 Å². The zero-order chi connectivity index (χ0) is 18.1. The van der Waals surface area contributed by atoms with E-state index in [1.165, 1.54) is 4.90 Å². The topological polar surface area (TPSA) is 82.3 Å². The van der Waals surface area contributed by atoms with Crippen molar-refractivity contribution >= 4 is 34.3 Å². The smallest absolute Gasteiger partial charge is 0.272 e. The van der Waals surface area contributed by atoms with E-state index in [9.17, 15) is 14.4 Å². The SMILES string of the molecule is O=C(Nc1ccc(CN2C(=O)CCC2=O)cc1)c1cc2ccccc2[nH]1. The number of fused-ring (bicyclic) bond motifs is 1. The molecule has 1 saturated heterocycles. The van der Waals surface area contributed by atoms with Crippen LogP contribution in [0.3, 0.4) is 0 Å². The van der Waals surface area contributed by atoms with Gasteiger partial charge >= 0.3 is 0 Å². The zero-order valence-corrected chi connectivity index (χ0v) is 14.0. The summed E-state index contributed by atoms with van der Waals surface area (Å²) >= 11 is 0. The van der Waals surface area contributed by atoms with Crippen molar-refractivity contribution in [3.05, 3.63) is 65.9 Å². The number of H-pyrrole nitrogens is 1. The number of carbonyl (C=O) groups is 3. The lowest BCUT2D eigenvalue weighted by Gasteiger charge is -2.14. The quantitative estimate of drug-likeness (QED) is 0.712. The number of imide groups is 1. The van der Waals surface area contributed by atoms with Gasteiger partial charge in [-0.15, -0.1) is 0 Å². The summed E-state index contributed by atoms with van der Waals surface area (Å²) in [4.78, 5) is 40.1. The molecule has 6 nitrogen and oxygen atoms in total. The number of likely N-dealkylation sites (tertiary alicyclic amines) is 1. The molecule has 3 amide bonds. The number of amides is 3. The number of nitrogens with zero attached hydrogens (tertiary/aromatic N) is 1. The molecule has 2 aromatic carbocycles. The van der Waals surface area contributed by atoms with Gasteiger partial charge < -0.3 is 10.3 Å². The Morgan fingerprint density at radius 3 is 2.38 bits per heavy atom. The molecule has 0 saturated carbocycles. The minimum Gasteiger partial charge on any atom is -0.351 e. The number of hydrogen-bond donors (Lipinski definition) is 2. The van der Waals surface area contributed by atoms with Crippen LogP contribution >= 0.6 is 0 Å². The van der Waals surface area contributed by atoms with Gasteiger partial charge in [0.2, 0.25) is 11.8 Å². The molecule has 0 aliphatic carbocycles. The molecule has 4 rings (SSSR count). The van der Waals surface area contributed by atoms with Crippen LogP contribution in [0.25, 0.3) is 10.9 Å². The Hall–Kier alpha value is -3.41. The van der Waals surface area contributed by atoms with E-state index in [4.69, 9.17) is 0 Å². The van der Waals surface area contributed by atoms with E-state index >= 15 is 0 Å². The summed E-state index contributed by atoms with van der Waals surface area (Å²) in [7, 11) is 0. The number of anilines is 1. The Morgan fingerprint density at radius 2 is 1.69 bits per heavy atom. The van der Waals surface area contributed by atoms with Crippen LogP contribution in [-0.4, -0.2) is 27.6 Å². The highest BCUT2D eigenvalue weighted by Gasteiger charge is 2.28. The first-order valence-corrected chi connectivity index (χ1v) is 8.41. The number of aromatic amines is 1. The molecule has 6 heteroatoms. The van der Waals surface area contributed by atoms with Crippen LogP contribution in [0.1, 0.15) is 28.9 Å². The lowest BCUT2D eigenvalue weighted by molar-refractivity contribution is -0.139. The molecule has 130 valence electrons. The third-order valence-corrected chi connectivity index (χ3v) is 4.48. The monoisotopic (exact) mass is 347 g/mol. The number of aromatic nitrogens is 1. The summed E-state index contributed by atoms with van der Waals surface area (Å²) in [6.45, 7) is 0.272. The molecule has 3 aromatic rings. The van der Waals surface area contributed by atoms with Gasteiger partial charge in [-0.2, -0.15) is 0 Å². The van der Waals surface area contributed by atoms with Crippen LogP contribution in [0.5, 0.6) is 0 Å². The van der Waals surface area contributed by atoms with Gasteiger partial charge in [0.25, 0.3) is 5.91 Å². The summed E-state index contributed by atoms with van der Waals surface area (Å²) in [5, 5.41) is 3.82. The van der Waals surface area contributed by atoms with Crippen molar-refractivity contribution in [1.82, 2.24) is 9.88 Å². The van der Waals surface area contributed by atoms with E-state index < -0.39 is 0 Å². The maximum Gasteiger partial charge on any atom is 0.272 e. The van der Waals surface area contributed by atoms with E-state index in [2.05, 4.69) is 10.3 Å². The summed E-state index contributed by atoms with van der Waals surface area (Å²) in [6.07, 6.45) is 0.578. The molecule has 1 aliphatic rings. The summed E-state index contributed by atoms with van der Waals surface area (Å²) < 4.78 is 0. The van der Waals surface area contributed by atoms with Gasteiger partial charge in [0.15, 0.2) is 0 Å². The number of rotatable bonds is 4. The molecule has 0 spiro atoms. The Bertz CT molecular complexity index is 956. The van der Waals surface area contributed by atoms with Gasteiger partial charge in [0, 0.05) is 29.4 Å². The molecule has 2 heterocycles. The lowest BCUT2D eigenvalue weighted by Crippen LogP contribution is -2.28. The van der Waals surface area contributed by atoms with Crippen LogP contribution in [0.2, 0.25) is 0 Å². The largest absolute Gasteiger partial charge is 0.351 e. The fraction of sp³-hybridized carbons (Fsp3) is 0.150. The van der Waals surface area contributed by atoms with Gasteiger partial charge in [-0.25, -0.2) is 0 Å². The number of hydrogen-bond acceptors (Lipinski definition) is 3. The van der Waals surface area contributed by atoms with Crippen molar-refractivity contribution < 1.29 is 14.4 Å². The molecule has 0 unspecified atom stereocenters. The molecule has 1 aromatic heterocycles. The number of nitrogens with one attached hydrogen (secondary N) is 2. The highest BCUT2D eigenvalue weighted by molar-refractivity contribution is 6.06. The van der Waals surface area contributed by atoms with Crippen molar-refractivity contribution in [3.63, 3.8) is 0 Å². The lowest BCUT2D eigenvalue weighted by atomic mass is 10.2. The Balaban J connectivity index is 1.44. The normalized spacial score (nSPS) is 14.2. The van der Waals surface area contributed by atoms with Crippen LogP contribution in [0.15, 0.2) is 54.6 Å². The first kappa shape index (κ1) is 16.1. The Labute approximate surface area is 149 Å². The predicted octanol–water partition coefficient (Wildman–Crippen LogP) is 3.07. The van der Waals surface area contributed by atoms with Crippen molar-refractivity contribution in [3.8, 4) is 0 Å². The van der Waals surface area contributed by atoms with Crippen molar-refractivity contribution in [1.29, 1.82) is 0 Å². The second-order valence-corrected chi connectivity index (χ2v) is 6.29. The van der Waals surface area contributed by atoms with Crippen LogP contribution in [0.4, 0.5) is 5.69 Å². The molecule has 1 fully saturated rings. The van der Waals surface area contributed by atoms with E-state index in [0.29, 0.717) is 11.4 Å². The Kier molecular flexibility index (Phi) is 4.01. The average molecular weight is 347 g/mol. The second kappa shape index (κ2) is 6.48. The minimum absolute atomic E-state index is 0.133. The molecule has 0 radical (unpaired) electrons. The average Bonchev–Trinajstić information content (AvgIpc) is 3.22. The van der Waals surface area contributed by atoms with Crippen molar-refractivity contribution in [2.45, 2.75) is 19.4 Å². The fourth-order valence-electron chi connectivity index (χ4n) is 3.07. The van der Waals surface area contributed by atoms with E-state index in [1.807, 2.05) is 30.3 Å². The number of benzene rings is 2. The third kappa shape index (κ3) is 3.09. The molecule has 1 aliphatic heterocycles. The number of para-hydroxylation sites is 1. The molecule has 2 N–H and O–H groups in total. The maximum atomic E-state index is 12.4. The van der Waals surface area contributed by atoms with Crippen molar-refractivity contribution in [2.75, 3.05) is 5.32 Å². The van der Waals surface area contributed by atoms with E-state index in [-0.39, 0.29) is 37.1 Å². The summed E-state index contributed by atoms with van der Waals surface area (Å²) in [5.41, 5.74) is 2.89. The third-order valence-electron chi connectivity index (χ3n) is 4.48. The standard InChI is InChI=1S/C20H17N3O3/c24-18-9-10-19(25)23(18)12-13-5-7-15(8-6-13)21-20(26)17-11-14-3-1-2-4-16(14)22-17/h1-8,11,22H,9-10,12H2,(H,21,26). The molecule has 26 heavy (non-hydrogen) atoms. The number of carbonyl (C=O) groups excluding carboxylic acids is 3. The maximum absolute atomic E-state index is 12.4. The van der Waals surface area contributed by atoms with Crippen LogP contribution in [0, 0.1) is 0 Å². The van der Waals surface area contributed by atoms with E-state index in [1.54, 1.807) is 24.3 Å². The first-order chi connectivity index (χ1) is 12.6. The van der Waals surface area contributed by atoms with Gasteiger partial charge in [-0.05, 0) is 29.8 Å². The highest BCUT2D eigenvalue weighted by atomic mass is 16.2.